The van der Waals surface area contributed by atoms with Crippen LogP contribution < -0.4 is 0 Å². The second-order valence-electron chi connectivity index (χ2n) is 7.31. The number of carbonyl (C=O) groups is 3. The molecule has 0 aromatic rings. The molecule has 0 aromatic carbocycles. The molecule has 0 amide bonds. The van der Waals surface area contributed by atoms with Crippen molar-refractivity contribution in [2.45, 2.75) is 77.7 Å². The lowest BCUT2D eigenvalue weighted by Gasteiger charge is -2.22. The third-order valence-corrected chi connectivity index (χ3v) is 3.69. The van der Waals surface area contributed by atoms with E-state index in [1.54, 1.807) is 20.8 Å². The highest BCUT2D eigenvalue weighted by Gasteiger charge is 2.21. The van der Waals surface area contributed by atoms with Gasteiger partial charge in [-0.3, -0.25) is 14.4 Å². The van der Waals surface area contributed by atoms with Gasteiger partial charge in [0.1, 0.15) is 5.60 Å². The van der Waals surface area contributed by atoms with Crippen LogP contribution >= 0.6 is 0 Å². The first kappa shape index (κ1) is 24.4. The summed E-state index contributed by atoms with van der Waals surface area (Å²) in [4.78, 5) is 35.0. The van der Waals surface area contributed by atoms with Crippen LogP contribution in [-0.2, 0) is 28.6 Å². The Hall–Kier alpha value is -1.63. The standard InChI is InChI=1S/C19H34O7/c1-19(2,3)26-18(23)14-15(9-10-16(21)24-4)11-13-25-17(22)8-6-5-7-12-20/h15,20H,5-14H2,1-4H3. The summed E-state index contributed by atoms with van der Waals surface area (Å²) in [5, 5.41) is 8.70. The highest BCUT2D eigenvalue weighted by molar-refractivity contribution is 5.71. The molecule has 7 nitrogen and oxygen atoms in total. The molecule has 0 heterocycles. The van der Waals surface area contributed by atoms with Crippen molar-refractivity contribution in [3.63, 3.8) is 0 Å². The zero-order chi connectivity index (χ0) is 20.0. The minimum Gasteiger partial charge on any atom is -0.469 e. The molecular formula is C19H34O7. The van der Waals surface area contributed by atoms with Crippen LogP contribution in [0.15, 0.2) is 0 Å². The molecule has 0 aliphatic rings. The number of ether oxygens (including phenoxy) is 3. The number of aliphatic hydroxyl groups excluding tert-OH is 1. The Morgan fingerprint density at radius 2 is 1.62 bits per heavy atom. The average molecular weight is 374 g/mol. The molecule has 1 atom stereocenters. The fourth-order valence-corrected chi connectivity index (χ4v) is 2.36. The molecule has 26 heavy (non-hydrogen) atoms. The summed E-state index contributed by atoms with van der Waals surface area (Å²) in [7, 11) is 1.32. The van der Waals surface area contributed by atoms with Crippen molar-refractivity contribution in [3.05, 3.63) is 0 Å². The van der Waals surface area contributed by atoms with Crippen LogP contribution in [0, 0.1) is 5.92 Å². The number of unbranched alkanes of at least 4 members (excludes halogenated alkanes) is 2. The van der Waals surface area contributed by atoms with E-state index in [9.17, 15) is 14.4 Å². The van der Waals surface area contributed by atoms with Crippen LogP contribution in [-0.4, -0.2) is 48.9 Å². The summed E-state index contributed by atoms with van der Waals surface area (Å²) >= 11 is 0. The average Bonchev–Trinajstić information content (AvgIpc) is 2.54. The van der Waals surface area contributed by atoms with Gasteiger partial charge in [-0.2, -0.15) is 0 Å². The second kappa shape index (κ2) is 13.6. The molecule has 0 fully saturated rings. The lowest BCUT2D eigenvalue weighted by Crippen LogP contribution is -2.26. The van der Waals surface area contributed by atoms with E-state index in [0.717, 1.165) is 6.42 Å². The molecule has 0 saturated heterocycles. The van der Waals surface area contributed by atoms with Crippen molar-refractivity contribution in [3.8, 4) is 0 Å². The number of aliphatic hydroxyl groups is 1. The molecule has 1 N–H and O–H groups in total. The summed E-state index contributed by atoms with van der Waals surface area (Å²) in [6.07, 6.45) is 3.80. The summed E-state index contributed by atoms with van der Waals surface area (Å²) in [5.74, 6) is -1.07. The van der Waals surface area contributed by atoms with E-state index in [2.05, 4.69) is 4.74 Å². The Balaban J connectivity index is 4.31. The maximum atomic E-state index is 12.0. The van der Waals surface area contributed by atoms with E-state index in [0.29, 0.717) is 32.1 Å². The summed E-state index contributed by atoms with van der Waals surface area (Å²) in [6.45, 7) is 5.72. The Morgan fingerprint density at radius 3 is 2.19 bits per heavy atom. The first-order chi connectivity index (χ1) is 12.2. The fourth-order valence-electron chi connectivity index (χ4n) is 2.36. The molecule has 7 heteroatoms. The van der Waals surface area contributed by atoms with Gasteiger partial charge in [-0.25, -0.2) is 0 Å². The lowest BCUT2D eigenvalue weighted by molar-refractivity contribution is -0.156. The highest BCUT2D eigenvalue weighted by Crippen LogP contribution is 2.20. The Kier molecular flexibility index (Phi) is 12.7. The molecule has 0 rings (SSSR count). The van der Waals surface area contributed by atoms with Gasteiger partial charge < -0.3 is 19.3 Å². The van der Waals surface area contributed by atoms with Crippen LogP contribution in [0.3, 0.4) is 0 Å². The molecular weight excluding hydrogens is 340 g/mol. The van der Waals surface area contributed by atoms with Crippen molar-refractivity contribution in [1.29, 1.82) is 0 Å². The third-order valence-electron chi connectivity index (χ3n) is 3.69. The van der Waals surface area contributed by atoms with Crippen LogP contribution in [0.4, 0.5) is 0 Å². The number of esters is 3. The zero-order valence-corrected chi connectivity index (χ0v) is 16.5. The van der Waals surface area contributed by atoms with Crippen molar-refractivity contribution in [2.24, 2.45) is 5.92 Å². The minimum absolute atomic E-state index is 0.119. The first-order valence-corrected chi connectivity index (χ1v) is 9.23. The second-order valence-corrected chi connectivity index (χ2v) is 7.31. The molecule has 0 saturated carbocycles. The number of methoxy groups -OCH3 is 1. The van der Waals surface area contributed by atoms with Gasteiger partial charge in [-0.05, 0) is 52.4 Å². The number of carbonyl (C=O) groups excluding carboxylic acids is 3. The van der Waals surface area contributed by atoms with E-state index >= 15 is 0 Å². The van der Waals surface area contributed by atoms with E-state index in [4.69, 9.17) is 14.6 Å². The number of hydrogen-bond acceptors (Lipinski definition) is 7. The van der Waals surface area contributed by atoms with Crippen LogP contribution in [0.5, 0.6) is 0 Å². The van der Waals surface area contributed by atoms with Gasteiger partial charge in [0.2, 0.25) is 0 Å². The van der Waals surface area contributed by atoms with E-state index in [1.165, 1.54) is 7.11 Å². The van der Waals surface area contributed by atoms with Crippen molar-refractivity contribution < 1.29 is 33.7 Å². The molecule has 0 spiro atoms. The molecule has 0 aliphatic carbocycles. The highest BCUT2D eigenvalue weighted by atomic mass is 16.6. The van der Waals surface area contributed by atoms with E-state index in [1.807, 2.05) is 0 Å². The van der Waals surface area contributed by atoms with Gasteiger partial charge in [0.25, 0.3) is 0 Å². The quantitative estimate of drug-likeness (QED) is 0.301. The summed E-state index contributed by atoms with van der Waals surface area (Å²) in [6, 6.07) is 0. The van der Waals surface area contributed by atoms with Crippen LogP contribution in [0.25, 0.3) is 0 Å². The largest absolute Gasteiger partial charge is 0.469 e. The Morgan fingerprint density at radius 1 is 0.923 bits per heavy atom. The zero-order valence-electron chi connectivity index (χ0n) is 16.5. The van der Waals surface area contributed by atoms with Gasteiger partial charge in [-0.1, -0.05) is 6.42 Å². The SMILES string of the molecule is COC(=O)CCC(CCOC(=O)CCCCCO)CC(=O)OC(C)(C)C. The van der Waals surface area contributed by atoms with Crippen molar-refractivity contribution in [2.75, 3.05) is 20.3 Å². The molecule has 152 valence electrons. The lowest BCUT2D eigenvalue weighted by atomic mass is 9.96. The summed E-state index contributed by atoms with van der Waals surface area (Å²) < 4.78 is 15.2. The molecule has 1 unspecified atom stereocenters. The van der Waals surface area contributed by atoms with Gasteiger partial charge in [0.15, 0.2) is 0 Å². The number of hydrogen-bond donors (Lipinski definition) is 1. The van der Waals surface area contributed by atoms with Crippen LogP contribution in [0.1, 0.15) is 72.1 Å². The maximum absolute atomic E-state index is 12.0. The first-order valence-electron chi connectivity index (χ1n) is 9.23. The molecule has 0 radical (unpaired) electrons. The Bertz CT molecular complexity index is 426. The topological polar surface area (TPSA) is 99.1 Å². The van der Waals surface area contributed by atoms with E-state index < -0.39 is 5.60 Å². The van der Waals surface area contributed by atoms with Gasteiger partial charge in [0.05, 0.1) is 13.7 Å². The van der Waals surface area contributed by atoms with Gasteiger partial charge in [-0.15, -0.1) is 0 Å². The van der Waals surface area contributed by atoms with Crippen molar-refractivity contribution >= 4 is 17.9 Å². The van der Waals surface area contributed by atoms with Crippen LogP contribution in [0.2, 0.25) is 0 Å². The number of rotatable bonds is 13. The normalized spacial score (nSPS) is 12.3. The molecule has 0 bridgehead atoms. The minimum atomic E-state index is -0.564. The maximum Gasteiger partial charge on any atom is 0.306 e. The molecule has 0 aromatic heterocycles. The summed E-state index contributed by atoms with van der Waals surface area (Å²) in [5.41, 5.74) is -0.564. The van der Waals surface area contributed by atoms with Gasteiger partial charge in [0, 0.05) is 25.9 Å². The van der Waals surface area contributed by atoms with Crippen molar-refractivity contribution in [1.82, 2.24) is 0 Å². The Labute approximate surface area is 156 Å². The smallest absolute Gasteiger partial charge is 0.306 e. The monoisotopic (exact) mass is 374 g/mol. The predicted octanol–water partition coefficient (Wildman–Crippen LogP) is 2.77. The predicted molar refractivity (Wildman–Crippen MR) is 96.3 cm³/mol. The van der Waals surface area contributed by atoms with Gasteiger partial charge >= 0.3 is 17.9 Å². The van der Waals surface area contributed by atoms with E-state index in [-0.39, 0.29) is 49.9 Å². The third kappa shape index (κ3) is 14.7. The molecule has 0 aliphatic heterocycles. The fraction of sp³-hybridized carbons (Fsp3) is 0.842.